The first-order chi connectivity index (χ1) is 11.9. The van der Waals surface area contributed by atoms with Gasteiger partial charge in [0.15, 0.2) is 11.5 Å². The quantitative estimate of drug-likeness (QED) is 0.630. The molecule has 1 aromatic carbocycles. The van der Waals surface area contributed by atoms with Gasteiger partial charge in [0.2, 0.25) is 16.8 Å². The average Bonchev–Trinajstić information content (AvgIpc) is 3.02. The summed E-state index contributed by atoms with van der Waals surface area (Å²) in [6, 6.07) is 8.14. The van der Waals surface area contributed by atoms with Crippen molar-refractivity contribution in [3.63, 3.8) is 0 Å². The van der Waals surface area contributed by atoms with Crippen molar-refractivity contribution in [3.8, 4) is 11.5 Å². The van der Waals surface area contributed by atoms with E-state index in [-0.39, 0.29) is 17.7 Å². The van der Waals surface area contributed by atoms with E-state index in [1.165, 1.54) is 24.4 Å². The Bertz CT molecular complexity index is 926. The molecule has 1 N–H and O–H groups in total. The summed E-state index contributed by atoms with van der Waals surface area (Å²) < 4.78 is 36.4. The smallest absolute Gasteiger partial charge is 0.257 e. The maximum atomic E-state index is 12.0. The van der Waals surface area contributed by atoms with Gasteiger partial charge in [0, 0.05) is 12.3 Å². The molecule has 130 valence electrons. The number of amides is 1. The highest BCUT2D eigenvalue weighted by Crippen LogP contribution is 2.32. The van der Waals surface area contributed by atoms with Gasteiger partial charge in [0.25, 0.3) is 5.91 Å². The van der Waals surface area contributed by atoms with Crippen molar-refractivity contribution in [3.05, 3.63) is 58.9 Å². The number of carbonyl (C=O) groups is 1. The number of benzene rings is 1. The summed E-state index contributed by atoms with van der Waals surface area (Å²) in [5, 5.41) is 0.261. The largest absolute Gasteiger partial charge is 0.454 e. The number of hydrogen-bond acceptors (Lipinski definition) is 6. The molecular weight excluding hydrogens is 368 g/mol. The molecule has 0 atom stereocenters. The molecule has 0 saturated carbocycles. The predicted molar refractivity (Wildman–Crippen MR) is 91.6 cm³/mol. The van der Waals surface area contributed by atoms with Gasteiger partial charge in [-0.2, -0.15) is 0 Å². The number of carbonyl (C=O) groups excluding carboxylic acids is 1. The fourth-order valence-electron chi connectivity index (χ4n) is 2.12. The molecule has 0 bridgehead atoms. The van der Waals surface area contributed by atoms with Gasteiger partial charge in [-0.05, 0) is 35.4 Å². The number of sulfonamides is 1. The second-order valence-corrected chi connectivity index (χ2v) is 7.27. The van der Waals surface area contributed by atoms with Gasteiger partial charge in [0.1, 0.15) is 5.15 Å². The van der Waals surface area contributed by atoms with Crippen LogP contribution < -0.4 is 14.2 Å². The summed E-state index contributed by atoms with van der Waals surface area (Å²) in [5.41, 5.74) is 1.10. The summed E-state index contributed by atoms with van der Waals surface area (Å²) in [4.78, 5) is 15.6. The molecule has 0 fully saturated rings. The van der Waals surface area contributed by atoms with Gasteiger partial charge in [-0.1, -0.05) is 23.7 Å². The van der Waals surface area contributed by atoms with E-state index in [9.17, 15) is 13.2 Å². The maximum Gasteiger partial charge on any atom is 0.257 e. The molecule has 2 aromatic rings. The third-order valence-corrected chi connectivity index (χ3v) is 4.67. The van der Waals surface area contributed by atoms with E-state index >= 15 is 0 Å². The first-order valence-corrected chi connectivity index (χ1v) is 9.17. The van der Waals surface area contributed by atoms with E-state index in [4.69, 9.17) is 21.1 Å². The van der Waals surface area contributed by atoms with Crippen molar-refractivity contribution in [2.75, 3.05) is 6.79 Å². The van der Waals surface area contributed by atoms with Gasteiger partial charge in [-0.3, -0.25) is 4.79 Å². The monoisotopic (exact) mass is 380 g/mol. The van der Waals surface area contributed by atoms with Crippen LogP contribution in [0.1, 0.15) is 11.1 Å². The van der Waals surface area contributed by atoms with Crippen molar-refractivity contribution in [1.82, 2.24) is 9.71 Å². The van der Waals surface area contributed by atoms with Crippen LogP contribution in [0.5, 0.6) is 11.5 Å². The van der Waals surface area contributed by atoms with E-state index in [2.05, 4.69) is 4.98 Å². The first-order valence-electron chi connectivity index (χ1n) is 7.14. The molecule has 1 aromatic heterocycles. The second kappa shape index (κ2) is 7.12. The number of nitrogens with one attached hydrogen (secondary N) is 1. The highest BCUT2D eigenvalue weighted by molar-refractivity contribution is 7.89. The van der Waals surface area contributed by atoms with Gasteiger partial charge in [-0.15, -0.1) is 0 Å². The van der Waals surface area contributed by atoms with E-state index < -0.39 is 15.9 Å². The molecule has 1 aliphatic rings. The Morgan fingerprint density at radius 2 is 2.04 bits per heavy atom. The molecule has 9 heteroatoms. The van der Waals surface area contributed by atoms with Crippen LogP contribution in [0.3, 0.4) is 0 Å². The standard InChI is InChI=1S/C16H13ClN2O5S/c17-15-5-2-12(8-18-15)9-25(21,22)19-16(20)6-3-11-1-4-13-14(7-11)24-10-23-13/h1-8H,9-10H2,(H,19,20)/b6-3+. The lowest BCUT2D eigenvalue weighted by Gasteiger charge is -2.05. The minimum Gasteiger partial charge on any atom is -0.454 e. The number of fused-ring (bicyclic) bond motifs is 1. The van der Waals surface area contributed by atoms with Gasteiger partial charge >= 0.3 is 0 Å². The van der Waals surface area contributed by atoms with Crippen LogP contribution in [0.25, 0.3) is 6.08 Å². The zero-order chi connectivity index (χ0) is 17.9. The van der Waals surface area contributed by atoms with E-state index in [0.717, 1.165) is 6.08 Å². The van der Waals surface area contributed by atoms with Gasteiger partial charge in [-0.25, -0.2) is 18.1 Å². The third kappa shape index (κ3) is 4.71. The SMILES string of the molecule is O=C(/C=C/c1ccc2c(c1)OCO2)NS(=O)(=O)Cc1ccc(Cl)nc1. The molecule has 0 saturated heterocycles. The van der Waals surface area contributed by atoms with E-state index in [1.807, 2.05) is 4.72 Å². The number of halogens is 1. The lowest BCUT2D eigenvalue weighted by Crippen LogP contribution is -2.30. The Kier molecular flexibility index (Phi) is 4.91. The lowest BCUT2D eigenvalue weighted by molar-refractivity contribution is -0.114. The zero-order valence-corrected chi connectivity index (χ0v) is 14.4. The average molecular weight is 381 g/mol. The Morgan fingerprint density at radius 1 is 1.24 bits per heavy atom. The third-order valence-electron chi connectivity index (χ3n) is 3.23. The minimum absolute atomic E-state index is 0.154. The topological polar surface area (TPSA) is 94.6 Å². The first kappa shape index (κ1) is 17.2. The molecule has 0 aliphatic carbocycles. The number of ether oxygens (including phenoxy) is 2. The summed E-state index contributed by atoms with van der Waals surface area (Å²) in [6.07, 6.45) is 3.96. The molecule has 1 aliphatic heterocycles. The van der Waals surface area contributed by atoms with Crippen molar-refractivity contribution in [1.29, 1.82) is 0 Å². The van der Waals surface area contributed by atoms with Crippen LogP contribution in [0.4, 0.5) is 0 Å². The molecular formula is C16H13ClN2O5S. The zero-order valence-electron chi connectivity index (χ0n) is 12.8. The fourth-order valence-corrected chi connectivity index (χ4v) is 3.29. The number of nitrogens with zero attached hydrogens (tertiary/aromatic N) is 1. The van der Waals surface area contributed by atoms with Crippen molar-refractivity contribution in [2.45, 2.75) is 5.75 Å². The van der Waals surface area contributed by atoms with Gasteiger partial charge < -0.3 is 9.47 Å². The molecule has 0 unspecified atom stereocenters. The second-order valence-electron chi connectivity index (χ2n) is 5.16. The normalized spacial score (nSPS) is 13.2. The van der Waals surface area contributed by atoms with Crippen LogP contribution in [0.2, 0.25) is 5.15 Å². The van der Waals surface area contributed by atoms with Crippen LogP contribution in [0, 0.1) is 0 Å². The number of hydrogen-bond donors (Lipinski definition) is 1. The predicted octanol–water partition coefficient (Wildman–Crippen LogP) is 2.12. The molecule has 2 heterocycles. The van der Waals surface area contributed by atoms with Gasteiger partial charge in [0.05, 0.1) is 5.75 Å². The van der Waals surface area contributed by atoms with Crippen molar-refractivity contribution < 1.29 is 22.7 Å². The molecule has 1 amide bonds. The minimum atomic E-state index is -3.84. The van der Waals surface area contributed by atoms with Crippen LogP contribution in [0.15, 0.2) is 42.6 Å². The van der Waals surface area contributed by atoms with E-state index in [0.29, 0.717) is 22.6 Å². The summed E-state index contributed by atoms with van der Waals surface area (Å²) in [7, 11) is -3.84. The Morgan fingerprint density at radius 3 is 2.80 bits per heavy atom. The Labute approximate surface area is 149 Å². The molecule has 0 radical (unpaired) electrons. The Hall–Kier alpha value is -2.58. The summed E-state index contributed by atoms with van der Waals surface area (Å²) in [6.45, 7) is 0.154. The van der Waals surface area contributed by atoms with Crippen molar-refractivity contribution in [2.24, 2.45) is 0 Å². The summed E-state index contributed by atoms with van der Waals surface area (Å²) >= 11 is 5.65. The fraction of sp³-hybridized carbons (Fsp3) is 0.125. The van der Waals surface area contributed by atoms with E-state index in [1.54, 1.807) is 18.2 Å². The van der Waals surface area contributed by atoms with Crippen LogP contribution >= 0.6 is 11.6 Å². The molecule has 3 rings (SSSR count). The number of aromatic nitrogens is 1. The number of rotatable bonds is 5. The Balaban J connectivity index is 1.62. The summed E-state index contributed by atoms with van der Waals surface area (Å²) in [5.74, 6) is 0.0755. The van der Waals surface area contributed by atoms with Crippen LogP contribution in [-0.4, -0.2) is 26.1 Å². The molecule has 25 heavy (non-hydrogen) atoms. The molecule has 0 spiro atoms. The number of pyridine rings is 1. The van der Waals surface area contributed by atoms with Crippen molar-refractivity contribution >= 4 is 33.6 Å². The lowest BCUT2D eigenvalue weighted by atomic mass is 10.2. The molecule has 7 nitrogen and oxygen atoms in total. The maximum absolute atomic E-state index is 12.0. The highest BCUT2D eigenvalue weighted by Gasteiger charge is 2.15. The highest BCUT2D eigenvalue weighted by atomic mass is 35.5. The van der Waals surface area contributed by atoms with Crippen LogP contribution in [-0.2, 0) is 20.6 Å².